The Kier molecular flexibility index (Phi) is 5.12. The Labute approximate surface area is 110 Å². The number of hydrogen-bond donors (Lipinski definition) is 1. The van der Waals surface area contributed by atoms with Gasteiger partial charge in [-0.15, -0.1) is 0 Å². The Hall–Kier alpha value is -0.900. The molecule has 94 valence electrons. The number of amides is 1. The van der Waals surface area contributed by atoms with Gasteiger partial charge in [0.25, 0.3) is 0 Å². The van der Waals surface area contributed by atoms with E-state index in [1.807, 2.05) is 13.8 Å². The van der Waals surface area contributed by atoms with Crippen molar-refractivity contribution in [1.29, 1.82) is 0 Å². The van der Waals surface area contributed by atoms with Crippen LogP contribution in [0.3, 0.4) is 0 Å². The summed E-state index contributed by atoms with van der Waals surface area (Å²) in [5.74, 6) is -0.0832. The van der Waals surface area contributed by atoms with E-state index >= 15 is 0 Å². The van der Waals surface area contributed by atoms with Crippen molar-refractivity contribution in [2.75, 3.05) is 0 Å². The molecule has 0 aliphatic heterocycles. The van der Waals surface area contributed by atoms with Gasteiger partial charge in [-0.2, -0.15) is 0 Å². The minimum Gasteiger partial charge on any atom is -0.348 e. The number of nitrogens with one attached hydrogen (secondary N) is 1. The summed E-state index contributed by atoms with van der Waals surface area (Å²) in [6.07, 6.45) is 0. The Morgan fingerprint density at radius 3 is 2.18 bits per heavy atom. The minimum absolute atomic E-state index is 0.0620. The third-order valence-electron chi connectivity index (χ3n) is 2.55. The molecule has 1 amide bonds. The first-order chi connectivity index (χ1) is 7.91. The van der Waals surface area contributed by atoms with Crippen LogP contribution in [0.1, 0.15) is 32.4 Å². The van der Waals surface area contributed by atoms with Crippen LogP contribution in [0.25, 0.3) is 0 Å². The van der Waals surface area contributed by atoms with Gasteiger partial charge in [0, 0.05) is 0 Å². The molecule has 1 aromatic carbocycles. The maximum absolute atomic E-state index is 12.8. The quantitative estimate of drug-likeness (QED) is 0.848. The van der Waals surface area contributed by atoms with Gasteiger partial charge in [0.15, 0.2) is 0 Å². The predicted molar refractivity (Wildman–Crippen MR) is 70.5 cm³/mol. The van der Waals surface area contributed by atoms with Crippen molar-refractivity contribution >= 4 is 21.8 Å². The number of alkyl halides is 1. The molecule has 17 heavy (non-hydrogen) atoms. The summed E-state index contributed by atoms with van der Waals surface area (Å²) in [4.78, 5) is 11.4. The Morgan fingerprint density at radius 1 is 1.24 bits per heavy atom. The SMILES string of the molecule is CC(Br)C(=O)NC(c1ccc(F)cc1)C(C)C. The molecule has 0 fully saturated rings. The average Bonchev–Trinajstić information content (AvgIpc) is 2.26. The van der Waals surface area contributed by atoms with Gasteiger partial charge in [-0.25, -0.2) is 4.39 Å². The number of carbonyl (C=O) groups is 1. The first kappa shape index (κ1) is 14.2. The molecular formula is C13H17BrFNO. The molecule has 0 radical (unpaired) electrons. The zero-order valence-corrected chi connectivity index (χ0v) is 11.8. The van der Waals surface area contributed by atoms with E-state index in [1.165, 1.54) is 12.1 Å². The van der Waals surface area contributed by atoms with Crippen molar-refractivity contribution in [2.45, 2.75) is 31.6 Å². The summed E-state index contributed by atoms with van der Waals surface area (Å²) in [6, 6.07) is 6.14. The van der Waals surface area contributed by atoms with Crippen LogP contribution in [0.2, 0.25) is 0 Å². The smallest absolute Gasteiger partial charge is 0.233 e. The van der Waals surface area contributed by atoms with Crippen molar-refractivity contribution in [3.05, 3.63) is 35.6 Å². The van der Waals surface area contributed by atoms with Crippen LogP contribution in [0.4, 0.5) is 4.39 Å². The third-order valence-corrected chi connectivity index (χ3v) is 2.97. The lowest BCUT2D eigenvalue weighted by Gasteiger charge is -2.23. The molecule has 0 bridgehead atoms. The van der Waals surface area contributed by atoms with Crippen LogP contribution in [0.5, 0.6) is 0 Å². The Morgan fingerprint density at radius 2 is 1.76 bits per heavy atom. The standard InChI is InChI=1S/C13H17BrFNO/c1-8(2)12(16-13(17)9(3)14)10-4-6-11(15)7-5-10/h4-9,12H,1-3H3,(H,16,17). The van der Waals surface area contributed by atoms with Crippen LogP contribution in [0.15, 0.2) is 24.3 Å². The van der Waals surface area contributed by atoms with E-state index in [-0.39, 0.29) is 28.5 Å². The summed E-state index contributed by atoms with van der Waals surface area (Å²) in [5.41, 5.74) is 0.919. The van der Waals surface area contributed by atoms with Crippen LogP contribution < -0.4 is 5.32 Å². The van der Waals surface area contributed by atoms with Gasteiger partial charge in [-0.05, 0) is 30.5 Å². The van der Waals surface area contributed by atoms with E-state index in [4.69, 9.17) is 0 Å². The van der Waals surface area contributed by atoms with E-state index in [2.05, 4.69) is 21.2 Å². The zero-order valence-electron chi connectivity index (χ0n) is 10.2. The highest BCUT2D eigenvalue weighted by atomic mass is 79.9. The molecule has 4 heteroatoms. The Bertz CT molecular complexity index is 376. The third kappa shape index (κ3) is 4.11. The topological polar surface area (TPSA) is 29.1 Å². The van der Waals surface area contributed by atoms with Gasteiger partial charge < -0.3 is 5.32 Å². The fourth-order valence-corrected chi connectivity index (χ4v) is 1.71. The van der Waals surface area contributed by atoms with Crippen molar-refractivity contribution in [3.63, 3.8) is 0 Å². The molecule has 0 spiro atoms. The summed E-state index contributed by atoms with van der Waals surface area (Å²) < 4.78 is 12.8. The lowest BCUT2D eigenvalue weighted by atomic mass is 9.96. The summed E-state index contributed by atoms with van der Waals surface area (Å²) >= 11 is 3.23. The van der Waals surface area contributed by atoms with Gasteiger partial charge in [0.1, 0.15) is 5.82 Å². The van der Waals surface area contributed by atoms with Crippen LogP contribution in [-0.4, -0.2) is 10.7 Å². The molecule has 0 heterocycles. The largest absolute Gasteiger partial charge is 0.348 e. The second kappa shape index (κ2) is 6.15. The molecule has 1 rings (SSSR count). The molecular weight excluding hydrogens is 285 g/mol. The van der Waals surface area contributed by atoms with Gasteiger partial charge >= 0.3 is 0 Å². The maximum Gasteiger partial charge on any atom is 0.233 e. The van der Waals surface area contributed by atoms with Gasteiger partial charge in [0.05, 0.1) is 10.9 Å². The first-order valence-corrected chi connectivity index (χ1v) is 6.53. The highest BCUT2D eigenvalue weighted by molar-refractivity contribution is 9.10. The van der Waals surface area contributed by atoms with Crippen LogP contribution in [0, 0.1) is 11.7 Å². The molecule has 1 N–H and O–H groups in total. The molecule has 1 aromatic rings. The summed E-state index contributed by atoms with van der Waals surface area (Å²) in [5, 5.41) is 2.94. The van der Waals surface area contributed by atoms with Gasteiger partial charge in [-0.3, -0.25) is 4.79 Å². The summed E-state index contributed by atoms with van der Waals surface area (Å²) in [6.45, 7) is 5.82. The monoisotopic (exact) mass is 301 g/mol. The van der Waals surface area contributed by atoms with Crippen LogP contribution in [-0.2, 0) is 4.79 Å². The van der Waals surface area contributed by atoms with E-state index < -0.39 is 0 Å². The predicted octanol–water partition coefficient (Wildman–Crippen LogP) is 3.42. The number of rotatable bonds is 4. The molecule has 2 nitrogen and oxygen atoms in total. The van der Waals surface area contributed by atoms with E-state index in [0.717, 1.165) is 5.56 Å². The van der Waals surface area contributed by atoms with Crippen LogP contribution >= 0.6 is 15.9 Å². The van der Waals surface area contributed by atoms with Crippen molar-refractivity contribution in [1.82, 2.24) is 5.32 Å². The van der Waals surface area contributed by atoms with Crippen molar-refractivity contribution in [2.24, 2.45) is 5.92 Å². The maximum atomic E-state index is 12.8. The van der Waals surface area contributed by atoms with E-state index in [1.54, 1.807) is 19.1 Å². The molecule has 0 aliphatic carbocycles. The highest BCUT2D eigenvalue weighted by Gasteiger charge is 2.20. The molecule has 0 aliphatic rings. The number of halogens is 2. The highest BCUT2D eigenvalue weighted by Crippen LogP contribution is 2.22. The lowest BCUT2D eigenvalue weighted by molar-refractivity contribution is -0.121. The second-order valence-corrected chi connectivity index (χ2v) is 5.77. The van der Waals surface area contributed by atoms with Gasteiger partial charge in [0.2, 0.25) is 5.91 Å². The molecule has 0 saturated heterocycles. The van der Waals surface area contributed by atoms with E-state index in [0.29, 0.717) is 0 Å². The first-order valence-electron chi connectivity index (χ1n) is 5.61. The lowest BCUT2D eigenvalue weighted by Crippen LogP contribution is -2.35. The Balaban J connectivity index is 2.86. The zero-order chi connectivity index (χ0) is 13.0. The number of carbonyl (C=O) groups excluding carboxylic acids is 1. The number of benzene rings is 1. The fourth-order valence-electron chi connectivity index (χ4n) is 1.57. The molecule has 0 saturated carbocycles. The minimum atomic E-state index is -0.267. The molecule has 2 unspecified atom stereocenters. The van der Waals surface area contributed by atoms with Crippen molar-refractivity contribution < 1.29 is 9.18 Å². The van der Waals surface area contributed by atoms with Crippen molar-refractivity contribution in [3.8, 4) is 0 Å². The molecule has 0 aromatic heterocycles. The summed E-state index contributed by atoms with van der Waals surface area (Å²) in [7, 11) is 0. The second-order valence-electron chi connectivity index (χ2n) is 4.40. The van der Waals surface area contributed by atoms with E-state index in [9.17, 15) is 9.18 Å². The fraction of sp³-hybridized carbons (Fsp3) is 0.462. The van der Waals surface area contributed by atoms with Gasteiger partial charge in [-0.1, -0.05) is 41.9 Å². The normalized spacial score (nSPS) is 14.5. The average molecular weight is 302 g/mol. The number of hydrogen-bond acceptors (Lipinski definition) is 1. The molecule has 2 atom stereocenters.